The van der Waals surface area contributed by atoms with Crippen molar-refractivity contribution in [1.29, 1.82) is 0 Å². The number of hydrogen-bond donors (Lipinski definition) is 1. The van der Waals surface area contributed by atoms with E-state index in [0.29, 0.717) is 12.6 Å². The van der Waals surface area contributed by atoms with Gasteiger partial charge in [-0.1, -0.05) is 54.6 Å². The monoisotopic (exact) mass is 282 g/mol. The Hall–Kier alpha value is -1.64. The summed E-state index contributed by atoms with van der Waals surface area (Å²) in [6, 6.07) is 19.5. The smallest absolute Gasteiger partial charge is 0.0470 e. The molecule has 2 rings (SSSR count). The van der Waals surface area contributed by atoms with Gasteiger partial charge in [-0.05, 0) is 50.0 Å². The van der Waals surface area contributed by atoms with Gasteiger partial charge >= 0.3 is 0 Å². The molecule has 1 atom stereocenters. The fourth-order valence-electron chi connectivity index (χ4n) is 2.84. The van der Waals surface area contributed by atoms with Crippen LogP contribution in [0.15, 0.2) is 54.6 Å². The third kappa shape index (κ3) is 4.42. The summed E-state index contributed by atoms with van der Waals surface area (Å²) in [5, 5.41) is 0. The van der Waals surface area contributed by atoms with Crippen molar-refractivity contribution in [2.75, 3.05) is 20.1 Å². The molecule has 0 spiro atoms. The predicted octanol–water partition coefficient (Wildman–Crippen LogP) is 3.56. The molecule has 112 valence electrons. The van der Waals surface area contributed by atoms with Crippen LogP contribution in [0, 0.1) is 6.92 Å². The molecule has 0 amide bonds. The maximum atomic E-state index is 6.02. The van der Waals surface area contributed by atoms with Crippen LogP contribution in [0.25, 0.3) is 0 Å². The summed E-state index contributed by atoms with van der Waals surface area (Å²) < 4.78 is 0. The van der Waals surface area contributed by atoms with E-state index in [4.69, 9.17) is 5.73 Å². The molecule has 0 bridgehead atoms. The van der Waals surface area contributed by atoms with E-state index in [1.807, 2.05) is 0 Å². The van der Waals surface area contributed by atoms with Crippen molar-refractivity contribution in [3.8, 4) is 0 Å². The molecule has 0 aliphatic carbocycles. The first-order valence-electron chi connectivity index (χ1n) is 7.72. The molecule has 0 aliphatic rings. The minimum atomic E-state index is 0.307. The van der Waals surface area contributed by atoms with Gasteiger partial charge in [0.15, 0.2) is 0 Å². The molecule has 1 unspecified atom stereocenters. The largest absolute Gasteiger partial charge is 0.329 e. The Morgan fingerprint density at radius 3 is 2.33 bits per heavy atom. The summed E-state index contributed by atoms with van der Waals surface area (Å²) >= 11 is 0. The van der Waals surface area contributed by atoms with Crippen molar-refractivity contribution in [1.82, 2.24) is 4.90 Å². The topological polar surface area (TPSA) is 29.3 Å². The standard InChI is InChI=1S/C19H26N2/c1-16-9-6-7-13-18(16)19(15-20)21(2)14-8-12-17-10-4-3-5-11-17/h3-7,9-11,13,19H,8,12,14-15,20H2,1-2H3. The summed E-state index contributed by atoms with van der Waals surface area (Å²) in [6.45, 7) is 3.88. The lowest BCUT2D eigenvalue weighted by atomic mass is 10.00. The Balaban J connectivity index is 1.92. The van der Waals surface area contributed by atoms with Crippen molar-refractivity contribution >= 4 is 0 Å². The molecule has 2 N–H and O–H groups in total. The number of benzene rings is 2. The Kier molecular flexibility index (Phi) is 5.97. The quantitative estimate of drug-likeness (QED) is 0.841. The molecule has 0 aromatic heterocycles. The highest BCUT2D eigenvalue weighted by Crippen LogP contribution is 2.22. The van der Waals surface area contributed by atoms with E-state index in [1.165, 1.54) is 16.7 Å². The van der Waals surface area contributed by atoms with Crippen molar-refractivity contribution in [3.05, 3.63) is 71.3 Å². The van der Waals surface area contributed by atoms with E-state index in [-0.39, 0.29) is 0 Å². The number of hydrogen-bond acceptors (Lipinski definition) is 2. The predicted molar refractivity (Wildman–Crippen MR) is 90.4 cm³/mol. The van der Waals surface area contributed by atoms with E-state index >= 15 is 0 Å². The molecule has 2 nitrogen and oxygen atoms in total. The molecule has 2 aromatic carbocycles. The second-order valence-corrected chi connectivity index (χ2v) is 5.68. The van der Waals surface area contributed by atoms with Crippen molar-refractivity contribution in [2.24, 2.45) is 5.73 Å². The molecule has 2 aromatic rings. The van der Waals surface area contributed by atoms with E-state index in [0.717, 1.165) is 19.4 Å². The zero-order valence-corrected chi connectivity index (χ0v) is 13.1. The first-order valence-corrected chi connectivity index (χ1v) is 7.72. The maximum absolute atomic E-state index is 6.02. The first kappa shape index (κ1) is 15.7. The van der Waals surface area contributed by atoms with Crippen LogP contribution in [0.4, 0.5) is 0 Å². The second-order valence-electron chi connectivity index (χ2n) is 5.68. The fraction of sp³-hybridized carbons (Fsp3) is 0.368. The summed E-state index contributed by atoms with van der Waals surface area (Å²) in [5.74, 6) is 0. The highest BCUT2D eigenvalue weighted by atomic mass is 15.1. The third-order valence-electron chi connectivity index (χ3n) is 4.12. The number of aryl methyl sites for hydroxylation is 2. The minimum Gasteiger partial charge on any atom is -0.329 e. The van der Waals surface area contributed by atoms with Gasteiger partial charge in [-0.25, -0.2) is 0 Å². The van der Waals surface area contributed by atoms with Gasteiger partial charge < -0.3 is 5.73 Å². The van der Waals surface area contributed by atoms with Crippen molar-refractivity contribution in [3.63, 3.8) is 0 Å². The summed E-state index contributed by atoms with van der Waals surface area (Å²) in [4.78, 5) is 2.38. The average Bonchev–Trinajstić information content (AvgIpc) is 2.51. The van der Waals surface area contributed by atoms with E-state index in [2.05, 4.69) is 73.5 Å². The average molecular weight is 282 g/mol. The SMILES string of the molecule is Cc1ccccc1C(CN)N(C)CCCc1ccccc1. The second kappa shape index (κ2) is 7.96. The molecule has 0 radical (unpaired) electrons. The van der Waals surface area contributed by atoms with Crippen molar-refractivity contribution < 1.29 is 0 Å². The summed E-state index contributed by atoms with van der Waals surface area (Å²) in [5.41, 5.74) is 10.1. The van der Waals surface area contributed by atoms with Crippen LogP contribution in [0.3, 0.4) is 0 Å². The van der Waals surface area contributed by atoms with E-state index < -0.39 is 0 Å². The molecule has 2 heteroatoms. The summed E-state index contributed by atoms with van der Waals surface area (Å²) in [7, 11) is 2.18. The van der Waals surface area contributed by atoms with Gasteiger partial charge in [0.05, 0.1) is 0 Å². The van der Waals surface area contributed by atoms with Gasteiger partial charge in [-0.15, -0.1) is 0 Å². The Morgan fingerprint density at radius 1 is 1.00 bits per heavy atom. The Labute approximate surface area is 128 Å². The number of nitrogens with zero attached hydrogens (tertiary/aromatic N) is 1. The van der Waals surface area contributed by atoms with Crippen molar-refractivity contribution in [2.45, 2.75) is 25.8 Å². The van der Waals surface area contributed by atoms with Gasteiger partial charge in [0, 0.05) is 12.6 Å². The molecule has 0 saturated heterocycles. The third-order valence-corrected chi connectivity index (χ3v) is 4.12. The normalized spacial score (nSPS) is 12.6. The van der Waals surface area contributed by atoms with Gasteiger partial charge in [0.2, 0.25) is 0 Å². The van der Waals surface area contributed by atoms with Crippen LogP contribution in [0.5, 0.6) is 0 Å². The minimum absolute atomic E-state index is 0.307. The Morgan fingerprint density at radius 2 is 1.67 bits per heavy atom. The number of likely N-dealkylation sites (N-methyl/N-ethyl adjacent to an activating group) is 1. The molecule has 0 aliphatic heterocycles. The molecular formula is C19H26N2. The van der Waals surface area contributed by atoms with Crippen LogP contribution in [0.1, 0.15) is 29.2 Å². The zero-order valence-electron chi connectivity index (χ0n) is 13.1. The van der Waals surface area contributed by atoms with Crippen LogP contribution >= 0.6 is 0 Å². The fourth-order valence-corrected chi connectivity index (χ4v) is 2.84. The van der Waals surface area contributed by atoms with Gasteiger partial charge in [-0.2, -0.15) is 0 Å². The van der Waals surface area contributed by atoms with E-state index in [1.54, 1.807) is 0 Å². The number of nitrogens with two attached hydrogens (primary N) is 1. The van der Waals surface area contributed by atoms with Gasteiger partial charge in [0.1, 0.15) is 0 Å². The first-order chi connectivity index (χ1) is 10.2. The maximum Gasteiger partial charge on any atom is 0.0470 e. The van der Waals surface area contributed by atoms with E-state index in [9.17, 15) is 0 Å². The lowest BCUT2D eigenvalue weighted by Crippen LogP contribution is -2.32. The lowest BCUT2D eigenvalue weighted by molar-refractivity contribution is 0.246. The number of rotatable bonds is 7. The van der Waals surface area contributed by atoms with Crippen LogP contribution in [-0.4, -0.2) is 25.0 Å². The van der Waals surface area contributed by atoms with Gasteiger partial charge in [0.25, 0.3) is 0 Å². The molecule has 0 saturated carbocycles. The molecular weight excluding hydrogens is 256 g/mol. The Bertz CT molecular complexity index is 536. The van der Waals surface area contributed by atoms with Crippen LogP contribution < -0.4 is 5.73 Å². The van der Waals surface area contributed by atoms with Crippen LogP contribution in [0.2, 0.25) is 0 Å². The molecule has 0 heterocycles. The highest BCUT2D eigenvalue weighted by Gasteiger charge is 2.16. The van der Waals surface area contributed by atoms with Crippen LogP contribution in [-0.2, 0) is 6.42 Å². The highest BCUT2D eigenvalue weighted by molar-refractivity contribution is 5.29. The molecule has 21 heavy (non-hydrogen) atoms. The lowest BCUT2D eigenvalue weighted by Gasteiger charge is -2.28. The molecule has 0 fully saturated rings. The summed E-state index contributed by atoms with van der Waals surface area (Å²) in [6.07, 6.45) is 2.28. The zero-order chi connectivity index (χ0) is 15.1. The van der Waals surface area contributed by atoms with Gasteiger partial charge in [-0.3, -0.25) is 4.90 Å².